The molecule has 1 fully saturated rings. The second-order valence-electron chi connectivity index (χ2n) is 8.03. The molecule has 2 aliphatic rings. The number of thiazole rings is 1. The number of hydrogen-bond donors (Lipinski definition) is 0. The lowest BCUT2D eigenvalue weighted by atomic mass is 9.97. The highest BCUT2D eigenvalue weighted by Crippen LogP contribution is 2.29. The second kappa shape index (κ2) is 8.16. The lowest BCUT2D eigenvalue weighted by Crippen LogP contribution is -2.36. The first kappa shape index (κ1) is 18.6. The van der Waals surface area contributed by atoms with Crippen LogP contribution in [0.25, 0.3) is 11.3 Å². The summed E-state index contributed by atoms with van der Waals surface area (Å²) in [5.74, 6) is 0.491. The molecule has 150 valence electrons. The van der Waals surface area contributed by atoms with Gasteiger partial charge in [-0.3, -0.25) is 14.7 Å². The highest BCUT2D eigenvalue weighted by Gasteiger charge is 2.23. The van der Waals surface area contributed by atoms with Gasteiger partial charge >= 0.3 is 0 Å². The van der Waals surface area contributed by atoms with E-state index in [2.05, 4.69) is 15.0 Å². The second-order valence-corrected chi connectivity index (χ2v) is 9.19. The van der Waals surface area contributed by atoms with E-state index in [0.717, 1.165) is 50.2 Å². The van der Waals surface area contributed by atoms with Crippen LogP contribution in [-0.2, 0) is 25.9 Å². The number of likely N-dealkylation sites (tertiary alicyclic amines) is 1. The Bertz CT molecular complexity index is 1020. The molecule has 0 unspecified atom stereocenters. The summed E-state index contributed by atoms with van der Waals surface area (Å²) in [5.41, 5.74) is 3.13. The van der Waals surface area contributed by atoms with Crippen LogP contribution in [0.5, 0.6) is 0 Å². The average molecular weight is 408 g/mol. The van der Waals surface area contributed by atoms with Crippen LogP contribution in [0, 0.1) is 5.92 Å². The van der Waals surface area contributed by atoms with Gasteiger partial charge in [-0.25, -0.2) is 9.67 Å². The monoisotopic (exact) mass is 407 g/mol. The van der Waals surface area contributed by atoms with Gasteiger partial charge in [-0.15, -0.1) is 11.3 Å². The maximum absolute atomic E-state index is 12.3. The van der Waals surface area contributed by atoms with Crippen LogP contribution in [0.2, 0.25) is 0 Å². The normalized spacial score (nSPS) is 17.5. The Kier molecular flexibility index (Phi) is 5.24. The van der Waals surface area contributed by atoms with E-state index in [1.807, 2.05) is 23.5 Å². The van der Waals surface area contributed by atoms with Gasteiger partial charge in [0.05, 0.1) is 17.9 Å². The first-order chi connectivity index (χ1) is 14.2. The molecular formula is C22H25N5OS. The topological polar surface area (TPSA) is 63.9 Å². The molecule has 6 nitrogen and oxygen atoms in total. The van der Waals surface area contributed by atoms with Gasteiger partial charge in [0.25, 0.3) is 5.56 Å². The molecule has 0 bridgehead atoms. The molecule has 1 aliphatic carbocycles. The molecule has 0 amide bonds. The first-order valence-electron chi connectivity index (χ1n) is 10.4. The number of rotatable bonds is 5. The Hall–Kier alpha value is -2.38. The van der Waals surface area contributed by atoms with Crippen molar-refractivity contribution < 1.29 is 0 Å². The number of aromatic nitrogens is 4. The summed E-state index contributed by atoms with van der Waals surface area (Å²) in [4.78, 5) is 25.2. The third-order valence-electron chi connectivity index (χ3n) is 5.98. The van der Waals surface area contributed by atoms with Gasteiger partial charge < -0.3 is 0 Å². The molecule has 4 heterocycles. The average Bonchev–Trinajstić information content (AvgIpc) is 3.33. The molecule has 0 saturated carbocycles. The molecule has 3 aromatic rings. The highest BCUT2D eigenvalue weighted by molar-refractivity contribution is 7.11. The van der Waals surface area contributed by atoms with Crippen molar-refractivity contribution in [2.24, 2.45) is 5.92 Å². The molecule has 0 aromatic carbocycles. The number of fused-ring (bicyclic) bond motifs is 1. The van der Waals surface area contributed by atoms with Crippen LogP contribution >= 0.6 is 11.3 Å². The first-order valence-corrected chi connectivity index (χ1v) is 11.2. The van der Waals surface area contributed by atoms with Crippen LogP contribution in [0.4, 0.5) is 0 Å². The van der Waals surface area contributed by atoms with E-state index in [0.29, 0.717) is 12.5 Å². The molecule has 29 heavy (non-hydrogen) atoms. The molecule has 3 aromatic heterocycles. The number of piperidine rings is 1. The van der Waals surface area contributed by atoms with E-state index in [9.17, 15) is 4.79 Å². The van der Waals surface area contributed by atoms with Gasteiger partial charge in [0.1, 0.15) is 5.01 Å². The van der Waals surface area contributed by atoms with Gasteiger partial charge in [-0.2, -0.15) is 5.10 Å². The van der Waals surface area contributed by atoms with Gasteiger partial charge in [0.15, 0.2) is 0 Å². The Balaban J connectivity index is 1.20. The third kappa shape index (κ3) is 4.16. The quantitative estimate of drug-likeness (QED) is 0.650. The number of hydrogen-bond acceptors (Lipinski definition) is 6. The Morgan fingerprint density at radius 2 is 1.90 bits per heavy atom. The van der Waals surface area contributed by atoms with Crippen LogP contribution < -0.4 is 5.56 Å². The molecule has 1 saturated heterocycles. The Morgan fingerprint density at radius 3 is 2.69 bits per heavy atom. The fourth-order valence-electron chi connectivity index (χ4n) is 4.33. The van der Waals surface area contributed by atoms with Gasteiger partial charge in [0.2, 0.25) is 0 Å². The fourth-order valence-corrected chi connectivity index (χ4v) is 5.53. The Labute approximate surface area is 174 Å². The van der Waals surface area contributed by atoms with Gasteiger partial charge in [-0.05, 0) is 69.3 Å². The van der Waals surface area contributed by atoms with E-state index in [4.69, 9.17) is 4.98 Å². The van der Waals surface area contributed by atoms with Gasteiger partial charge in [-0.1, -0.05) is 0 Å². The molecule has 5 rings (SSSR count). The molecule has 7 heteroatoms. The van der Waals surface area contributed by atoms with Crippen molar-refractivity contribution in [3.05, 3.63) is 62.6 Å². The Morgan fingerprint density at radius 1 is 1.07 bits per heavy atom. The van der Waals surface area contributed by atoms with E-state index >= 15 is 0 Å². The third-order valence-corrected chi connectivity index (χ3v) is 7.12. The maximum atomic E-state index is 12.3. The zero-order valence-electron chi connectivity index (χ0n) is 16.5. The molecule has 0 spiro atoms. The van der Waals surface area contributed by atoms with Crippen molar-refractivity contribution in [3.63, 3.8) is 0 Å². The summed E-state index contributed by atoms with van der Waals surface area (Å²) in [6.45, 7) is 3.79. The standard InChI is InChI=1S/C22H25N5OS/c28-22-5-4-18(17-6-10-23-11-7-17)25-27(22)14-16-8-12-26(13-9-16)15-21-24-19-2-1-3-20(19)29-21/h4-7,10-11,16H,1-3,8-9,12-15H2. The summed E-state index contributed by atoms with van der Waals surface area (Å²) in [6.07, 6.45) is 9.34. The zero-order chi connectivity index (χ0) is 19.6. The van der Waals surface area contributed by atoms with Crippen molar-refractivity contribution in [1.29, 1.82) is 0 Å². The minimum Gasteiger partial charge on any atom is -0.297 e. The van der Waals surface area contributed by atoms with Gasteiger partial charge in [0, 0.05) is 35.4 Å². The summed E-state index contributed by atoms with van der Waals surface area (Å²) >= 11 is 1.91. The van der Waals surface area contributed by atoms with E-state index < -0.39 is 0 Å². The lowest BCUT2D eigenvalue weighted by Gasteiger charge is -2.31. The molecule has 1 aliphatic heterocycles. The van der Waals surface area contributed by atoms with Crippen LogP contribution in [0.3, 0.4) is 0 Å². The largest absolute Gasteiger partial charge is 0.297 e. The van der Waals surface area contributed by atoms with Crippen molar-refractivity contribution in [2.75, 3.05) is 13.1 Å². The number of pyridine rings is 1. The van der Waals surface area contributed by atoms with E-state index in [1.54, 1.807) is 29.2 Å². The summed E-state index contributed by atoms with van der Waals surface area (Å²) in [6, 6.07) is 7.26. The summed E-state index contributed by atoms with van der Waals surface area (Å²) in [5, 5.41) is 5.88. The van der Waals surface area contributed by atoms with Crippen LogP contribution in [0.1, 0.15) is 34.8 Å². The number of nitrogens with zero attached hydrogens (tertiary/aromatic N) is 5. The fraction of sp³-hybridized carbons (Fsp3) is 0.455. The highest BCUT2D eigenvalue weighted by atomic mass is 32.1. The molecule has 0 atom stereocenters. The minimum atomic E-state index is -0.0254. The van der Waals surface area contributed by atoms with Crippen molar-refractivity contribution in [1.82, 2.24) is 24.6 Å². The van der Waals surface area contributed by atoms with Crippen LogP contribution in [0.15, 0.2) is 41.5 Å². The summed E-state index contributed by atoms with van der Waals surface area (Å²) < 4.78 is 1.64. The van der Waals surface area contributed by atoms with E-state index in [1.165, 1.54) is 28.4 Å². The zero-order valence-corrected chi connectivity index (χ0v) is 17.3. The summed E-state index contributed by atoms with van der Waals surface area (Å²) in [7, 11) is 0. The predicted octanol–water partition coefficient (Wildman–Crippen LogP) is 3.16. The molecule has 0 N–H and O–H groups in total. The van der Waals surface area contributed by atoms with E-state index in [-0.39, 0.29) is 5.56 Å². The van der Waals surface area contributed by atoms with Crippen molar-refractivity contribution >= 4 is 11.3 Å². The van der Waals surface area contributed by atoms with Crippen molar-refractivity contribution in [2.45, 2.75) is 45.2 Å². The predicted molar refractivity (Wildman–Crippen MR) is 114 cm³/mol. The van der Waals surface area contributed by atoms with Crippen LogP contribution in [-0.4, -0.2) is 37.7 Å². The molecular weight excluding hydrogens is 382 g/mol. The lowest BCUT2D eigenvalue weighted by molar-refractivity contribution is 0.163. The maximum Gasteiger partial charge on any atom is 0.266 e. The smallest absolute Gasteiger partial charge is 0.266 e. The van der Waals surface area contributed by atoms with Crippen molar-refractivity contribution in [3.8, 4) is 11.3 Å². The SMILES string of the molecule is O=c1ccc(-c2ccncc2)nn1CC1CCN(Cc2nc3c(s2)CCC3)CC1. The molecule has 0 radical (unpaired) electrons. The minimum absolute atomic E-state index is 0.0254. The number of aryl methyl sites for hydroxylation is 2.